The Morgan fingerprint density at radius 1 is 1.23 bits per heavy atom. The summed E-state index contributed by atoms with van der Waals surface area (Å²) in [6.07, 6.45) is -0.0641. The summed E-state index contributed by atoms with van der Waals surface area (Å²) in [6, 6.07) is 7.97. The molecular weight excluding hydrogens is 582 g/mol. The lowest BCUT2D eigenvalue weighted by atomic mass is 10.0. The first kappa shape index (κ1) is 29.7. The number of hydrogen-bond acceptors (Lipinski definition) is 5. The normalized spacial score (nSPS) is 19.8. The molecule has 1 unspecified atom stereocenters. The molecule has 222 valence electrons. The van der Waals surface area contributed by atoms with E-state index >= 15 is 0 Å². The number of nitrogens with one attached hydrogen (secondary N) is 4. The number of rotatable bonds is 6. The molecule has 4 amide bonds. The smallest absolute Gasteiger partial charge is 0.320 e. The van der Waals surface area contributed by atoms with Crippen LogP contribution in [0.1, 0.15) is 34.8 Å². The lowest BCUT2D eigenvalue weighted by Crippen LogP contribution is -2.51. The number of carbonyl (C=O) groups is 4. The molecular formula is C30H27ClF2N6O4. The van der Waals surface area contributed by atoms with Crippen LogP contribution in [0.25, 0.3) is 10.9 Å². The third-order valence-corrected chi connectivity index (χ3v) is 7.67. The van der Waals surface area contributed by atoms with Gasteiger partial charge in [0.2, 0.25) is 11.8 Å². The van der Waals surface area contributed by atoms with Crippen LogP contribution in [0.5, 0.6) is 0 Å². The van der Waals surface area contributed by atoms with Gasteiger partial charge in [-0.25, -0.2) is 13.6 Å². The summed E-state index contributed by atoms with van der Waals surface area (Å²) in [7, 11) is 0. The van der Waals surface area contributed by atoms with Crippen LogP contribution in [0.4, 0.5) is 13.6 Å². The number of alkyl halides is 1. The summed E-state index contributed by atoms with van der Waals surface area (Å²) in [6.45, 7) is 0.895. The molecule has 0 aliphatic carbocycles. The van der Waals surface area contributed by atoms with Crippen LogP contribution in [0.3, 0.4) is 0 Å². The molecule has 10 nitrogen and oxygen atoms in total. The molecule has 2 aliphatic heterocycles. The third kappa shape index (κ3) is 6.36. The second-order valence-corrected chi connectivity index (χ2v) is 10.8. The van der Waals surface area contributed by atoms with Crippen LogP contribution < -0.4 is 16.0 Å². The molecule has 13 heteroatoms. The summed E-state index contributed by atoms with van der Waals surface area (Å²) in [4.78, 5) is 51.3. The maximum absolute atomic E-state index is 14.5. The van der Waals surface area contributed by atoms with Gasteiger partial charge in [0.15, 0.2) is 5.78 Å². The number of fused-ring (bicyclic) bond motifs is 1. The summed E-state index contributed by atoms with van der Waals surface area (Å²) in [5.74, 6) is 3.35. The number of aromatic nitrogens is 1. The molecule has 2 aromatic carbocycles. The standard InChI is InChI=1S/C30H27ClF2N6O4/c1-16(40)22-14-38(24-8-6-17(9-21(22)24)5-7-19-12-36-30(43)37-28(19)34)15-26(41)39-13-20(32)10-25(39)29(42)35-11-18-3-2-4-23(31)27(18)33/h2-4,6,8-9,14,19-20,25H,10-13,15H2,1H3,(H,35,42)(H3,34,36,37,43)/t19?,20-,25+/m1/s1. The third-order valence-electron chi connectivity index (χ3n) is 7.38. The average Bonchev–Trinajstić information content (AvgIpc) is 3.53. The number of amidine groups is 1. The van der Waals surface area contributed by atoms with Gasteiger partial charge in [-0.15, -0.1) is 0 Å². The number of urea groups is 1. The molecule has 2 fully saturated rings. The van der Waals surface area contributed by atoms with Gasteiger partial charge in [0, 0.05) is 53.3 Å². The Kier molecular flexibility index (Phi) is 8.45. The Morgan fingerprint density at radius 2 is 2.02 bits per heavy atom. The minimum absolute atomic E-state index is 0.00698. The number of carbonyl (C=O) groups excluding carboxylic acids is 4. The maximum Gasteiger partial charge on any atom is 0.320 e. The lowest BCUT2D eigenvalue weighted by Gasteiger charge is -2.24. The van der Waals surface area contributed by atoms with E-state index in [1.54, 1.807) is 35.0 Å². The summed E-state index contributed by atoms with van der Waals surface area (Å²) in [5, 5.41) is 15.9. The molecule has 0 saturated carbocycles. The van der Waals surface area contributed by atoms with Gasteiger partial charge in [0.1, 0.15) is 30.4 Å². The van der Waals surface area contributed by atoms with Crippen molar-refractivity contribution in [3.63, 3.8) is 0 Å². The average molecular weight is 609 g/mol. The fraction of sp³-hybridized carbons (Fsp3) is 0.300. The number of likely N-dealkylation sites (tertiary alicyclic amines) is 1. The van der Waals surface area contributed by atoms with E-state index in [9.17, 15) is 28.0 Å². The van der Waals surface area contributed by atoms with E-state index in [0.29, 0.717) is 22.0 Å². The molecule has 0 radical (unpaired) electrons. The van der Waals surface area contributed by atoms with Gasteiger partial charge in [0.05, 0.1) is 17.5 Å². The summed E-state index contributed by atoms with van der Waals surface area (Å²) in [5.41, 5.74) is 1.65. The molecule has 3 atom stereocenters. The predicted molar refractivity (Wildman–Crippen MR) is 155 cm³/mol. The Bertz CT molecular complexity index is 1730. The van der Waals surface area contributed by atoms with Crippen molar-refractivity contribution < 1.29 is 28.0 Å². The molecule has 3 heterocycles. The van der Waals surface area contributed by atoms with Gasteiger partial charge in [-0.1, -0.05) is 35.6 Å². The number of halogens is 3. The Hall–Kier alpha value is -4.76. The van der Waals surface area contributed by atoms with Crippen LogP contribution in [0.15, 0.2) is 42.6 Å². The molecule has 2 aliphatic rings. The van der Waals surface area contributed by atoms with E-state index in [0.717, 1.165) is 0 Å². The lowest BCUT2D eigenvalue weighted by molar-refractivity contribution is -0.139. The van der Waals surface area contributed by atoms with Gasteiger partial charge >= 0.3 is 6.03 Å². The van der Waals surface area contributed by atoms with Gasteiger partial charge < -0.3 is 20.1 Å². The van der Waals surface area contributed by atoms with Crippen molar-refractivity contribution in [2.45, 2.75) is 38.6 Å². The number of Topliss-reactive ketones (excluding diaryl/α,β-unsaturated/α-hetero) is 1. The van der Waals surface area contributed by atoms with Crippen LogP contribution in [-0.2, 0) is 22.7 Å². The Morgan fingerprint density at radius 3 is 2.77 bits per heavy atom. The minimum atomic E-state index is -1.41. The molecule has 0 bridgehead atoms. The highest BCUT2D eigenvalue weighted by Gasteiger charge is 2.39. The van der Waals surface area contributed by atoms with Crippen molar-refractivity contribution in [2.24, 2.45) is 5.92 Å². The molecule has 4 N–H and O–H groups in total. The first-order valence-corrected chi connectivity index (χ1v) is 13.8. The zero-order valence-corrected chi connectivity index (χ0v) is 23.7. The topological polar surface area (TPSA) is 136 Å². The zero-order chi connectivity index (χ0) is 30.8. The molecule has 1 aromatic heterocycles. The van der Waals surface area contributed by atoms with Crippen molar-refractivity contribution in [1.29, 1.82) is 5.41 Å². The number of ketones is 1. The highest BCUT2D eigenvalue weighted by atomic mass is 35.5. The second-order valence-electron chi connectivity index (χ2n) is 10.4. The Labute approximate surface area is 250 Å². The fourth-order valence-electron chi connectivity index (χ4n) is 5.16. The van der Waals surface area contributed by atoms with E-state index < -0.39 is 41.8 Å². The highest BCUT2D eigenvalue weighted by Crippen LogP contribution is 2.26. The van der Waals surface area contributed by atoms with E-state index in [1.165, 1.54) is 24.0 Å². The summed E-state index contributed by atoms with van der Waals surface area (Å²) >= 11 is 5.80. The number of benzene rings is 2. The molecule has 2 saturated heterocycles. The van der Waals surface area contributed by atoms with E-state index in [4.69, 9.17) is 17.0 Å². The molecule has 43 heavy (non-hydrogen) atoms. The number of amides is 4. The van der Waals surface area contributed by atoms with Crippen molar-refractivity contribution in [1.82, 2.24) is 25.4 Å². The van der Waals surface area contributed by atoms with Crippen LogP contribution in [-0.4, -0.2) is 64.2 Å². The second kappa shape index (κ2) is 12.2. The van der Waals surface area contributed by atoms with Crippen LogP contribution in [0.2, 0.25) is 5.02 Å². The predicted octanol–water partition coefficient (Wildman–Crippen LogP) is 3.15. The molecule has 5 rings (SSSR count). The SMILES string of the molecule is CC(=O)c1cn(CC(=O)N2C[C@H](F)C[C@H]2C(=O)NCc2cccc(Cl)c2F)c2ccc(C#CC3CNC(=O)NC3=N)cc12. The van der Waals surface area contributed by atoms with Crippen molar-refractivity contribution in [2.75, 3.05) is 13.1 Å². The monoisotopic (exact) mass is 608 g/mol. The van der Waals surface area contributed by atoms with Crippen molar-refractivity contribution in [3.05, 3.63) is 70.1 Å². The maximum atomic E-state index is 14.5. The van der Waals surface area contributed by atoms with Crippen molar-refractivity contribution >= 4 is 52.0 Å². The number of nitrogens with zero attached hydrogens (tertiary/aromatic N) is 2. The first-order valence-electron chi connectivity index (χ1n) is 13.4. The number of hydrogen-bond donors (Lipinski definition) is 4. The Balaban J connectivity index is 1.33. The minimum Gasteiger partial charge on any atom is -0.350 e. The molecule has 3 aromatic rings. The van der Waals surface area contributed by atoms with E-state index in [2.05, 4.69) is 27.8 Å². The molecule has 0 spiro atoms. The van der Waals surface area contributed by atoms with Crippen molar-refractivity contribution in [3.8, 4) is 11.8 Å². The fourth-order valence-corrected chi connectivity index (χ4v) is 5.36. The van der Waals surface area contributed by atoms with Crippen LogP contribution >= 0.6 is 11.6 Å². The van der Waals surface area contributed by atoms with Gasteiger partial charge in [-0.05, 0) is 31.2 Å². The highest BCUT2D eigenvalue weighted by molar-refractivity contribution is 6.30. The van der Waals surface area contributed by atoms with E-state index in [-0.39, 0.29) is 54.8 Å². The van der Waals surface area contributed by atoms with Gasteiger partial charge in [0.25, 0.3) is 0 Å². The van der Waals surface area contributed by atoms with Crippen LogP contribution in [0, 0.1) is 29.0 Å². The summed E-state index contributed by atoms with van der Waals surface area (Å²) < 4.78 is 30.3. The zero-order valence-electron chi connectivity index (χ0n) is 23.0. The quantitative estimate of drug-likeness (QED) is 0.252. The van der Waals surface area contributed by atoms with Gasteiger partial charge in [-0.3, -0.25) is 25.1 Å². The van der Waals surface area contributed by atoms with Gasteiger partial charge in [-0.2, -0.15) is 0 Å². The first-order chi connectivity index (χ1) is 20.5. The largest absolute Gasteiger partial charge is 0.350 e. The van der Waals surface area contributed by atoms with E-state index in [1.807, 2.05) is 0 Å².